The molecular weight excluding hydrogens is 374 g/mol. The smallest absolute Gasteiger partial charge is 0.264 e. The molecule has 7 nitrogen and oxygen atoms in total. The number of carbonyl (C=O) groups is 1. The minimum Gasteiger partial charge on any atom is -0.378 e. The van der Waals surface area contributed by atoms with E-state index in [1.807, 2.05) is 17.0 Å². The maximum Gasteiger partial charge on any atom is 0.264 e. The van der Waals surface area contributed by atoms with Crippen molar-refractivity contribution >= 4 is 33.4 Å². The quantitative estimate of drug-likeness (QED) is 0.679. The number of hydrogen-bond acceptors (Lipinski definition) is 7. The average molecular weight is 395 g/mol. The maximum absolute atomic E-state index is 13.3. The third kappa shape index (κ3) is 3.12. The summed E-state index contributed by atoms with van der Waals surface area (Å²) < 4.78 is 5.41. The molecule has 0 spiro atoms. The SMILES string of the molecule is O=C(c1sc2ncccc2c1C1CCN(c2ncccn2)C1)N1CCOCC1. The number of pyridine rings is 1. The number of hydrogen-bond donors (Lipinski definition) is 0. The van der Waals surface area contributed by atoms with Crippen LogP contribution in [0.5, 0.6) is 0 Å². The fraction of sp³-hybridized carbons (Fsp3) is 0.400. The van der Waals surface area contributed by atoms with E-state index >= 15 is 0 Å². The standard InChI is InChI=1S/C20H21N5O2S/c26-19(24-9-11-27-12-10-24)17-16(15-3-1-5-21-18(15)28-17)14-4-8-25(13-14)20-22-6-2-7-23-20/h1-3,5-7,14H,4,8-13H2. The molecule has 1 amide bonds. The molecule has 1 atom stereocenters. The summed E-state index contributed by atoms with van der Waals surface area (Å²) in [6, 6.07) is 5.87. The third-order valence-corrected chi connectivity index (χ3v) is 6.55. The molecule has 0 aliphatic carbocycles. The fourth-order valence-electron chi connectivity index (χ4n) is 4.06. The zero-order valence-corrected chi connectivity index (χ0v) is 16.3. The van der Waals surface area contributed by atoms with Gasteiger partial charge in [-0.25, -0.2) is 15.0 Å². The predicted octanol–water partition coefficient (Wildman–Crippen LogP) is 2.55. The predicted molar refractivity (Wildman–Crippen MR) is 108 cm³/mol. The minimum atomic E-state index is 0.107. The second-order valence-electron chi connectivity index (χ2n) is 7.09. The van der Waals surface area contributed by atoms with Gasteiger partial charge in [0.1, 0.15) is 4.83 Å². The van der Waals surface area contributed by atoms with E-state index in [-0.39, 0.29) is 11.8 Å². The van der Waals surface area contributed by atoms with Crippen molar-refractivity contribution in [1.29, 1.82) is 0 Å². The first-order chi connectivity index (χ1) is 13.8. The molecule has 2 saturated heterocycles. The van der Waals surface area contributed by atoms with Gasteiger partial charge in [-0.15, -0.1) is 11.3 Å². The Morgan fingerprint density at radius 2 is 1.86 bits per heavy atom. The summed E-state index contributed by atoms with van der Waals surface area (Å²) in [6.45, 7) is 4.20. The number of amides is 1. The summed E-state index contributed by atoms with van der Waals surface area (Å²) >= 11 is 1.52. The molecule has 3 aromatic heterocycles. The van der Waals surface area contributed by atoms with Gasteiger partial charge in [-0.2, -0.15) is 0 Å². The number of rotatable bonds is 3. The van der Waals surface area contributed by atoms with Gasteiger partial charge in [0.15, 0.2) is 0 Å². The molecule has 2 fully saturated rings. The van der Waals surface area contributed by atoms with Crippen molar-refractivity contribution in [3.8, 4) is 0 Å². The van der Waals surface area contributed by atoms with Crippen LogP contribution in [0.1, 0.15) is 27.6 Å². The van der Waals surface area contributed by atoms with E-state index in [9.17, 15) is 4.79 Å². The first-order valence-corrected chi connectivity index (χ1v) is 10.4. The van der Waals surface area contributed by atoms with Crippen molar-refractivity contribution < 1.29 is 9.53 Å². The van der Waals surface area contributed by atoms with Gasteiger partial charge in [0.05, 0.1) is 18.1 Å². The lowest BCUT2D eigenvalue weighted by Crippen LogP contribution is -2.40. The maximum atomic E-state index is 13.3. The van der Waals surface area contributed by atoms with Gasteiger partial charge >= 0.3 is 0 Å². The number of anilines is 1. The molecule has 2 aliphatic heterocycles. The molecule has 0 N–H and O–H groups in total. The van der Waals surface area contributed by atoms with Crippen LogP contribution in [0.25, 0.3) is 10.2 Å². The molecule has 0 saturated carbocycles. The first kappa shape index (κ1) is 17.5. The van der Waals surface area contributed by atoms with E-state index in [2.05, 4.69) is 25.9 Å². The molecule has 0 radical (unpaired) electrons. The monoisotopic (exact) mass is 395 g/mol. The van der Waals surface area contributed by atoms with Crippen LogP contribution in [0, 0.1) is 0 Å². The number of fused-ring (bicyclic) bond motifs is 1. The Hall–Kier alpha value is -2.58. The Kier molecular flexibility index (Phi) is 4.66. The normalized spacial score (nSPS) is 20.1. The van der Waals surface area contributed by atoms with Crippen LogP contribution in [0.4, 0.5) is 5.95 Å². The molecule has 2 aliphatic rings. The van der Waals surface area contributed by atoms with Crippen molar-refractivity contribution in [3.05, 3.63) is 47.2 Å². The van der Waals surface area contributed by atoms with Crippen molar-refractivity contribution in [2.75, 3.05) is 44.3 Å². The van der Waals surface area contributed by atoms with Crippen molar-refractivity contribution in [2.45, 2.75) is 12.3 Å². The Morgan fingerprint density at radius 3 is 2.68 bits per heavy atom. The van der Waals surface area contributed by atoms with Gasteiger partial charge in [-0.05, 0) is 24.1 Å². The highest BCUT2D eigenvalue weighted by molar-refractivity contribution is 7.20. The molecule has 144 valence electrons. The minimum absolute atomic E-state index is 0.107. The number of carbonyl (C=O) groups excluding carboxylic acids is 1. The van der Waals surface area contributed by atoms with Crippen molar-refractivity contribution in [2.24, 2.45) is 0 Å². The Bertz CT molecular complexity index is 987. The number of aromatic nitrogens is 3. The number of thiophene rings is 1. The molecule has 28 heavy (non-hydrogen) atoms. The number of ether oxygens (including phenoxy) is 1. The third-order valence-electron chi connectivity index (χ3n) is 5.43. The van der Waals surface area contributed by atoms with E-state index in [0.717, 1.165) is 46.1 Å². The second kappa shape index (κ2) is 7.44. The van der Waals surface area contributed by atoms with Gasteiger partial charge in [0, 0.05) is 56.1 Å². The van der Waals surface area contributed by atoms with E-state index < -0.39 is 0 Å². The molecule has 8 heteroatoms. The van der Waals surface area contributed by atoms with Crippen LogP contribution in [0.2, 0.25) is 0 Å². The molecule has 0 aromatic carbocycles. The summed E-state index contributed by atoms with van der Waals surface area (Å²) in [5.74, 6) is 1.13. The summed E-state index contributed by atoms with van der Waals surface area (Å²) in [6.07, 6.45) is 6.31. The van der Waals surface area contributed by atoms with E-state index in [0.29, 0.717) is 26.3 Å². The summed E-state index contributed by atoms with van der Waals surface area (Å²) in [5, 5.41) is 1.10. The lowest BCUT2D eigenvalue weighted by Gasteiger charge is -2.27. The largest absolute Gasteiger partial charge is 0.378 e. The van der Waals surface area contributed by atoms with Crippen LogP contribution in [-0.2, 0) is 4.74 Å². The van der Waals surface area contributed by atoms with Crippen LogP contribution < -0.4 is 4.90 Å². The molecule has 3 aromatic rings. The Morgan fingerprint density at radius 1 is 1.07 bits per heavy atom. The fourth-order valence-corrected chi connectivity index (χ4v) is 5.26. The zero-order valence-electron chi connectivity index (χ0n) is 15.5. The summed E-state index contributed by atoms with van der Waals surface area (Å²) in [5.41, 5.74) is 1.14. The van der Waals surface area contributed by atoms with Gasteiger partial charge in [0.2, 0.25) is 5.95 Å². The highest BCUT2D eigenvalue weighted by atomic mass is 32.1. The number of morpholine rings is 1. The van der Waals surface area contributed by atoms with Crippen LogP contribution >= 0.6 is 11.3 Å². The molecule has 0 bridgehead atoms. The van der Waals surface area contributed by atoms with Gasteiger partial charge in [-0.1, -0.05) is 6.07 Å². The van der Waals surface area contributed by atoms with E-state index in [4.69, 9.17) is 4.74 Å². The van der Waals surface area contributed by atoms with Crippen molar-refractivity contribution in [1.82, 2.24) is 19.9 Å². The van der Waals surface area contributed by atoms with Gasteiger partial charge in [-0.3, -0.25) is 4.79 Å². The molecule has 5 heterocycles. The second-order valence-corrected chi connectivity index (χ2v) is 8.09. The lowest BCUT2D eigenvalue weighted by atomic mass is 9.95. The van der Waals surface area contributed by atoms with Gasteiger partial charge in [0.25, 0.3) is 5.91 Å². The Labute approximate surface area is 167 Å². The molecular formula is C20H21N5O2S. The highest BCUT2D eigenvalue weighted by Gasteiger charge is 2.33. The number of nitrogens with zero attached hydrogens (tertiary/aromatic N) is 5. The zero-order chi connectivity index (χ0) is 18.9. The highest BCUT2D eigenvalue weighted by Crippen LogP contribution is 2.40. The Balaban J connectivity index is 1.50. The summed E-state index contributed by atoms with van der Waals surface area (Å²) in [4.78, 5) is 32.5. The van der Waals surface area contributed by atoms with E-state index in [1.54, 1.807) is 18.6 Å². The van der Waals surface area contributed by atoms with Crippen LogP contribution in [0.3, 0.4) is 0 Å². The first-order valence-electron chi connectivity index (χ1n) is 9.57. The average Bonchev–Trinajstić information content (AvgIpc) is 3.39. The summed E-state index contributed by atoms with van der Waals surface area (Å²) in [7, 11) is 0. The molecule has 1 unspecified atom stereocenters. The van der Waals surface area contributed by atoms with Crippen molar-refractivity contribution in [3.63, 3.8) is 0 Å². The lowest BCUT2D eigenvalue weighted by molar-refractivity contribution is 0.0305. The molecule has 5 rings (SSSR count). The topological polar surface area (TPSA) is 71.5 Å². The van der Waals surface area contributed by atoms with Gasteiger partial charge < -0.3 is 14.5 Å². The van der Waals surface area contributed by atoms with E-state index in [1.165, 1.54) is 11.3 Å². The van der Waals surface area contributed by atoms with Crippen LogP contribution in [-0.4, -0.2) is 65.2 Å². The van der Waals surface area contributed by atoms with Crippen LogP contribution in [0.15, 0.2) is 36.8 Å².